The van der Waals surface area contributed by atoms with Gasteiger partial charge < -0.3 is 19.4 Å². The van der Waals surface area contributed by atoms with Crippen LogP contribution in [0, 0.1) is 0 Å². The lowest BCUT2D eigenvalue weighted by Crippen LogP contribution is -2.50. The Bertz CT molecular complexity index is 1330. The van der Waals surface area contributed by atoms with Crippen molar-refractivity contribution in [3.8, 4) is 0 Å². The fourth-order valence-electron chi connectivity index (χ4n) is 4.41. The number of hydrogen-bond donors (Lipinski definition) is 1. The number of nitrogens with one attached hydrogen (secondary N) is 1. The summed E-state index contributed by atoms with van der Waals surface area (Å²) in [7, 11) is -3.71. The van der Waals surface area contributed by atoms with Crippen LogP contribution < -0.4 is 5.32 Å². The number of carbonyl (C=O) groups is 2. The molecule has 0 spiro atoms. The molecule has 1 atom stereocenters. The number of carbonyl (C=O) groups excluding carboxylic acids is 2. The smallest absolute Gasteiger partial charge is 0.290 e. The topological polar surface area (TPSA) is 109 Å². The number of rotatable bonds is 5. The van der Waals surface area contributed by atoms with E-state index in [1.54, 1.807) is 24.3 Å². The highest BCUT2D eigenvalue weighted by Gasteiger charge is 2.36. The van der Waals surface area contributed by atoms with Gasteiger partial charge in [-0.3, -0.25) is 9.59 Å². The molecule has 0 radical (unpaired) electrons. The third-order valence-electron chi connectivity index (χ3n) is 6.25. The van der Waals surface area contributed by atoms with Gasteiger partial charge in [0.05, 0.1) is 24.4 Å². The van der Waals surface area contributed by atoms with Crippen LogP contribution in [-0.2, 0) is 32.5 Å². The van der Waals surface area contributed by atoms with Crippen molar-refractivity contribution in [2.24, 2.45) is 0 Å². The third kappa shape index (κ3) is 4.72. The molecule has 0 saturated carbocycles. The minimum Gasteiger partial charge on any atom is -0.459 e. The van der Waals surface area contributed by atoms with Crippen LogP contribution >= 0.6 is 0 Å². The molecule has 9 nitrogen and oxygen atoms in total. The fraction of sp³-hybridized carbons (Fsp3) is 0.280. The molecule has 2 aromatic carbocycles. The molecule has 2 aliphatic heterocycles. The maximum Gasteiger partial charge on any atom is 0.290 e. The zero-order valence-electron chi connectivity index (χ0n) is 18.9. The standard InChI is InChI=1S/C25H25N3O6S/c29-24(26-20-7-3-8-21(16-20)35(31,32)27-10-13-33-14-11-27)22-15-18-5-1-2-6-19(18)17-28(22)25(30)23-9-4-12-34-23/h1-9,12,16,22H,10-11,13-15,17H2,(H,26,29)/t22-/m1/s1. The van der Waals surface area contributed by atoms with Gasteiger partial charge in [-0.2, -0.15) is 4.31 Å². The molecule has 1 N–H and O–H groups in total. The van der Waals surface area contributed by atoms with E-state index >= 15 is 0 Å². The van der Waals surface area contributed by atoms with Crippen molar-refractivity contribution in [1.82, 2.24) is 9.21 Å². The zero-order chi connectivity index (χ0) is 24.4. The highest BCUT2D eigenvalue weighted by molar-refractivity contribution is 7.89. The van der Waals surface area contributed by atoms with Crippen molar-refractivity contribution in [1.29, 1.82) is 0 Å². The summed E-state index contributed by atoms with van der Waals surface area (Å²) in [5, 5.41) is 2.82. The molecule has 35 heavy (non-hydrogen) atoms. The summed E-state index contributed by atoms with van der Waals surface area (Å²) in [5.41, 5.74) is 2.29. The van der Waals surface area contributed by atoms with Crippen LogP contribution in [0.1, 0.15) is 21.7 Å². The second kappa shape index (κ2) is 9.65. The fourth-order valence-corrected chi connectivity index (χ4v) is 5.86. The predicted molar refractivity (Wildman–Crippen MR) is 127 cm³/mol. The molecular formula is C25H25N3O6S. The quantitative estimate of drug-likeness (QED) is 0.583. The number of sulfonamides is 1. The summed E-state index contributed by atoms with van der Waals surface area (Å²) in [5.74, 6) is -0.630. The number of morpholine rings is 1. The van der Waals surface area contributed by atoms with Crippen molar-refractivity contribution in [3.63, 3.8) is 0 Å². The Labute approximate surface area is 203 Å². The summed E-state index contributed by atoms with van der Waals surface area (Å²) in [6.45, 7) is 1.52. The van der Waals surface area contributed by atoms with Crippen molar-refractivity contribution in [3.05, 3.63) is 83.8 Å². The molecule has 3 aromatic rings. The Balaban J connectivity index is 1.40. The van der Waals surface area contributed by atoms with Gasteiger partial charge in [-0.1, -0.05) is 30.3 Å². The number of amides is 2. The van der Waals surface area contributed by atoms with Gasteiger partial charge in [0, 0.05) is 31.7 Å². The second-order valence-electron chi connectivity index (χ2n) is 8.43. The summed E-state index contributed by atoms with van der Waals surface area (Å²) < 4.78 is 38.0. The van der Waals surface area contributed by atoms with Gasteiger partial charge in [0.1, 0.15) is 6.04 Å². The molecule has 3 heterocycles. The summed E-state index contributed by atoms with van der Waals surface area (Å²) >= 11 is 0. The van der Waals surface area contributed by atoms with Gasteiger partial charge in [-0.15, -0.1) is 0 Å². The molecule has 0 aliphatic carbocycles. The zero-order valence-corrected chi connectivity index (χ0v) is 19.7. The van der Waals surface area contributed by atoms with Crippen LogP contribution in [0.4, 0.5) is 5.69 Å². The lowest BCUT2D eigenvalue weighted by atomic mass is 9.93. The molecule has 2 amide bonds. The minimum absolute atomic E-state index is 0.0923. The van der Waals surface area contributed by atoms with Gasteiger partial charge >= 0.3 is 0 Å². The molecular weight excluding hydrogens is 470 g/mol. The molecule has 0 bridgehead atoms. The minimum atomic E-state index is -3.71. The van der Waals surface area contributed by atoms with E-state index in [9.17, 15) is 18.0 Å². The highest BCUT2D eigenvalue weighted by atomic mass is 32.2. The largest absolute Gasteiger partial charge is 0.459 e. The first-order valence-corrected chi connectivity index (χ1v) is 12.8. The number of furan rings is 1. The van der Waals surface area contributed by atoms with Crippen LogP contribution in [0.2, 0.25) is 0 Å². The Morgan fingerprint density at radius 1 is 0.943 bits per heavy atom. The maximum atomic E-state index is 13.4. The molecule has 5 rings (SSSR count). The van der Waals surface area contributed by atoms with Gasteiger partial charge in [0.2, 0.25) is 15.9 Å². The Hall–Kier alpha value is -3.47. The van der Waals surface area contributed by atoms with Crippen molar-refractivity contribution >= 4 is 27.5 Å². The number of anilines is 1. The lowest BCUT2D eigenvalue weighted by Gasteiger charge is -2.35. The third-order valence-corrected chi connectivity index (χ3v) is 8.15. The summed E-state index contributed by atoms with van der Waals surface area (Å²) in [4.78, 5) is 28.2. The van der Waals surface area contributed by atoms with Crippen LogP contribution in [0.15, 0.2) is 76.2 Å². The van der Waals surface area contributed by atoms with Crippen molar-refractivity contribution < 1.29 is 27.2 Å². The van der Waals surface area contributed by atoms with E-state index in [0.717, 1.165) is 11.1 Å². The first-order chi connectivity index (χ1) is 16.9. The Kier molecular flexibility index (Phi) is 6.42. The average molecular weight is 496 g/mol. The summed E-state index contributed by atoms with van der Waals surface area (Å²) in [6, 6.07) is 16.2. The van der Waals surface area contributed by atoms with E-state index in [1.165, 1.54) is 27.6 Å². The number of benzene rings is 2. The van der Waals surface area contributed by atoms with Crippen molar-refractivity contribution in [2.75, 3.05) is 31.6 Å². The molecule has 2 aliphatic rings. The second-order valence-corrected chi connectivity index (χ2v) is 10.4. The van der Waals surface area contributed by atoms with E-state index in [-0.39, 0.29) is 36.2 Å². The number of nitrogens with zero attached hydrogens (tertiary/aromatic N) is 2. The Morgan fingerprint density at radius 2 is 1.71 bits per heavy atom. The van der Waals surface area contributed by atoms with E-state index < -0.39 is 22.0 Å². The average Bonchev–Trinajstić information content (AvgIpc) is 3.43. The van der Waals surface area contributed by atoms with Crippen LogP contribution in [0.3, 0.4) is 0 Å². The SMILES string of the molecule is O=C(Nc1cccc(S(=O)(=O)N2CCOCC2)c1)[C@H]1Cc2ccccc2CN1C(=O)c1ccco1. The first kappa shape index (κ1) is 23.3. The van der Waals surface area contributed by atoms with E-state index in [2.05, 4.69) is 5.32 Å². The Morgan fingerprint density at radius 3 is 2.46 bits per heavy atom. The molecule has 0 unspecified atom stereocenters. The number of hydrogen-bond acceptors (Lipinski definition) is 6. The van der Waals surface area contributed by atoms with Crippen LogP contribution in [-0.4, -0.2) is 61.8 Å². The van der Waals surface area contributed by atoms with Gasteiger partial charge in [-0.25, -0.2) is 8.42 Å². The number of fused-ring (bicyclic) bond motifs is 1. The van der Waals surface area contributed by atoms with E-state index in [0.29, 0.717) is 25.3 Å². The summed E-state index contributed by atoms with van der Waals surface area (Å²) in [6.07, 6.45) is 1.75. The van der Waals surface area contributed by atoms with Crippen molar-refractivity contribution in [2.45, 2.75) is 23.9 Å². The molecule has 1 aromatic heterocycles. The van der Waals surface area contributed by atoms with Gasteiger partial charge in [0.25, 0.3) is 5.91 Å². The predicted octanol–water partition coefficient (Wildman–Crippen LogP) is 2.51. The van der Waals surface area contributed by atoms with Gasteiger partial charge in [0.15, 0.2) is 5.76 Å². The highest BCUT2D eigenvalue weighted by Crippen LogP contribution is 2.27. The molecule has 1 fully saturated rings. The first-order valence-electron chi connectivity index (χ1n) is 11.3. The maximum absolute atomic E-state index is 13.4. The monoisotopic (exact) mass is 495 g/mol. The van der Waals surface area contributed by atoms with Crippen LogP contribution in [0.5, 0.6) is 0 Å². The lowest BCUT2D eigenvalue weighted by molar-refractivity contribution is -0.121. The van der Waals surface area contributed by atoms with E-state index in [1.807, 2.05) is 24.3 Å². The molecule has 1 saturated heterocycles. The van der Waals surface area contributed by atoms with Crippen LogP contribution in [0.25, 0.3) is 0 Å². The van der Waals surface area contributed by atoms with E-state index in [4.69, 9.17) is 9.15 Å². The molecule has 182 valence electrons. The normalized spacial score (nSPS) is 18.6. The van der Waals surface area contributed by atoms with Gasteiger partial charge in [-0.05, 0) is 41.5 Å². The number of ether oxygens (including phenoxy) is 1. The molecule has 10 heteroatoms.